The van der Waals surface area contributed by atoms with Crippen molar-refractivity contribution in [1.82, 2.24) is 15.0 Å². The lowest BCUT2D eigenvalue weighted by Crippen LogP contribution is -2.01. The minimum Gasteiger partial charge on any atom is -0.476 e. The highest BCUT2D eigenvalue weighted by Crippen LogP contribution is 2.28. The number of halogens is 1. The summed E-state index contributed by atoms with van der Waals surface area (Å²) in [5.74, 6) is -0.349. The molecule has 0 saturated heterocycles. The molecule has 0 atom stereocenters. The first kappa shape index (κ1) is 13.9. The number of thioether (sulfide) groups is 1. The lowest BCUT2D eigenvalue weighted by Gasteiger charge is -2.05. The zero-order valence-electron chi connectivity index (χ0n) is 9.78. The Labute approximate surface area is 122 Å². The predicted octanol–water partition coefficient (Wildman–Crippen LogP) is 2.11. The molecule has 6 nitrogen and oxygen atoms in total. The Bertz CT molecular complexity index is 602. The van der Waals surface area contributed by atoms with Gasteiger partial charge in [0.15, 0.2) is 5.69 Å². The van der Waals surface area contributed by atoms with E-state index in [0.717, 1.165) is 20.8 Å². The quantitative estimate of drug-likeness (QED) is 0.638. The second kappa shape index (κ2) is 6.07. The Hall–Kier alpha value is -1.54. The van der Waals surface area contributed by atoms with E-state index < -0.39 is 5.97 Å². The number of rotatable bonds is 5. The predicted molar refractivity (Wildman–Crippen MR) is 76.3 cm³/mol. The van der Waals surface area contributed by atoms with Crippen molar-refractivity contribution in [3.05, 3.63) is 34.6 Å². The first-order valence-corrected chi connectivity index (χ1v) is 7.15. The van der Waals surface area contributed by atoms with Crippen LogP contribution in [0.4, 0.5) is 5.69 Å². The van der Waals surface area contributed by atoms with E-state index in [1.54, 1.807) is 11.8 Å². The number of nitrogen functional groups attached to an aromatic ring is 1. The number of hydrogen-bond acceptors (Lipinski definition) is 5. The van der Waals surface area contributed by atoms with Gasteiger partial charge in [-0.3, -0.25) is 4.68 Å². The van der Waals surface area contributed by atoms with E-state index in [0.29, 0.717) is 6.54 Å². The Balaban J connectivity index is 1.92. The third-order valence-corrected chi connectivity index (χ3v) is 3.86. The monoisotopic (exact) mass is 342 g/mol. The maximum absolute atomic E-state index is 10.6. The number of nitrogens with two attached hydrogens (primary N) is 1. The van der Waals surface area contributed by atoms with E-state index in [1.807, 2.05) is 18.2 Å². The van der Waals surface area contributed by atoms with Gasteiger partial charge in [-0.2, -0.15) is 0 Å². The van der Waals surface area contributed by atoms with Gasteiger partial charge in [0.25, 0.3) is 0 Å². The highest BCUT2D eigenvalue weighted by molar-refractivity contribution is 9.10. The Morgan fingerprint density at radius 2 is 2.32 bits per heavy atom. The minimum atomic E-state index is -1.07. The summed E-state index contributed by atoms with van der Waals surface area (Å²) >= 11 is 4.97. The summed E-state index contributed by atoms with van der Waals surface area (Å²) in [5, 5.41) is 16.0. The Morgan fingerprint density at radius 1 is 1.53 bits per heavy atom. The van der Waals surface area contributed by atoms with Crippen molar-refractivity contribution >= 4 is 39.3 Å². The molecule has 0 radical (unpaired) electrons. The summed E-state index contributed by atoms with van der Waals surface area (Å²) in [5.41, 5.74) is 6.53. The molecule has 0 saturated carbocycles. The first-order valence-electron chi connectivity index (χ1n) is 5.37. The standard InChI is InChI=1S/C11H11BrN4O2S/c12-7-1-2-8(13)10(5-7)19-4-3-16-6-9(11(17)18)14-15-16/h1-2,5-6H,3-4,13H2,(H,17,18). The maximum atomic E-state index is 10.6. The van der Waals surface area contributed by atoms with Gasteiger partial charge in [0.1, 0.15) is 0 Å². The van der Waals surface area contributed by atoms with Crippen molar-refractivity contribution in [1.29, 1.82) is 0 Å². The molecular weight excluding hydrogens is 332 g/mol. The van der Waals surface area contributed by atoms with E-state index in [1.165, 1.54) is 10.9 Å². The number of aromatic nitrogens is 3. The molecular formula is C11H11BrN4O2S. The van der Waals surface area contributed by atoms with Gasteiger partial charge in [-0.05, 0) is 18.2 Å². The molecule has 0 fully saturated rings. The van der Waals surface area contributed by atoms with Gasteiger partial charge < -0.3 is 10.8 Å². The molecule has 0 aliphatic carbocycles. The van der Waals surface area contributed by atoms with Crippen molar-refractivity contribution in [3.63, 3.8) is 0 Å². The number of carbonyl (C=O) groups is 1. The zero-order valence-corrected chi connectivity index (χ0v) is 12.2. The smallest absolute Gasteiger partial charge is 0.358 e. The third kappa shape index (κ3) is 3.71. The molecule has 2 rings (SSSR count). The van der Waals surface area contributed by atoms with Gasteiger partial charge in [0.05, 0.1) is 12.7 Å². The van der Waals surface area contributed by atoms with E-state index in [4.69, 9.17) is 10.8 Å². The molecule has 8 heteroatoms. The lowest BCUT2D eigenvalue weighted by molar-refractivity contribution is 0.0690. The number of hydrogen-bond donors (Lipinski definition) is 2. The van der Waals surface area contributed by atoms with E-state index in [9.17, 15) is 4.79 Å². The molecule has 0 aliphatic rings. The van der Waals surface area contributed by atoms with Gasteiger partial charge in [-0.15, -0.1) is 16.9 Å². The van der Waals surface area contributed by atoms with E-state index >= 15 is 0 Å². The van der Waals surface area contributed by atoms with Gasteiger partial charge in [0, 0.05) is 20.8 Å². The molecule has 19 heavy (non-hydrogen) atoms. The summed E-state index contributed by atoms with van der Waals surface area (Å²) in [4.78, 5) is 11.6. The van der Waals surface area contributed by atoms with Crippen molar-refractivity contribution in [2.45, 2.75) is 11.4 Å². The molecule has 2 aromatic rings. The molecule has 1 aromatic heterocycles. The first-order chi connectivity index (χ1) is 9.06. The molecule has 0 unspecified atom stereocenters. The number of carboxylic acids is 1. The van der Waals surface area contributed by atoms with Gasteiger partial charge >= 0.3 is 5.97 Å². The largest absolute Gasteiger partial charge is 0.476 e. The third-order valence-electron chi connectivity index (χ3n) is 2.31. The SMILES string of the molecule is Nc1ccc(Br)cc1SCCn1cc(C(=O)O)nn1. The molecule has 0 amide bonds. The summed E-state index contributed by atoms with van der Waals surface area (Å²) in [7, 11) is 0. The van der Waals surface area contributed by atoms with Crippen LogP contribution in [0, 0.1) is 0 Å². The second-order valence-electron chi connectivity index (χ2n) is 3.70. The zero-order chi connectivity index (χ0) is 13.8. The number of anilines is 1. The van der Waals surface area contributed by atoms with Crippen LogP contribution in [0.1, 0.15) is 10.5 Å². The lowest BCUT2D eigenvalue weighted by atomic mass is 10.3. The summed E-state index contributed by atoms with van der Waals surface area (Å²) < 4.78 is 2.48. The number of benzene rings is 1. The molecule has 0 aliphatic heterocycles. The number of aryl methyl sites for hydroxylation is 1. The van der Waals surface area contributed by atoms with E-state index in [2.05, 4.69) is 26.2 Å². The van der Waals surface area contributed by atoms with Crippen LogP contribution in [-0.2, 0) is 6.54 Å². The van der Waals surface area contributed by atoms with Crippen LogP contribution in [-0.4, -0.2) is 31.8 Å². The van der Waals surface area contributed by atoms with Crippen molar-refractivity contribution < 1.29 is 9.90 Å². The summed E-state index contributed by atoms with van der Waals surface area (Å²) in [6.45, 7) is 0.566. The van der Waals surface area contributed by atoms with Crippen molar-refractivity contribution in [3.8, 4) is 0 Å². The molecule has 1 aromatic carbocycles. The van der Waals surface area contributed by atoms with Gasteiger partial charge in [-0.1, -0.05) is 21.1 Å². The van der Waals surface area contributed by atoms with Crippen molar-refractivity contribution in [2.75, 3.05) is 11.5 Å². The van der Waals surface area contributed by atoms with Crippen LogP contribution < -0.4 is 5.73 Å². The Morgan fingerprint density at radius 3 is 3.00 bits per heavy atom. The molecule has 0 bridgehead atoms. The molecule has 1 heterocycles. The summed E-state index contributed by atoms with van der Waals surface area (Å²) in [6.07, 6.45) is 1.41. The summed E-state index contributed by atoms with van der Waals surface area (Å²) in [6, 6.07) is 5.67. The molecule has 100 valence electrons. The number of carboxylic acid groups (broad SMARTS) is 1. The number of aromatic carboxylic acids is 1. The van der Waals surface area contributed by atoms with Crippen molar-refractivity contribution in [2.24, 2.45) is 0 Å². The van der Waals surface area contributed by atoms with Crippen LogP contribution in [0.15, 0.2) is 33.8 Å². The average molecular weight is 343 g/mol. The van der Waals surface area contributed by atoms with Crippen LogP contribution in [0.5, 0.6) is 0 Å². The second-order valence-corrected chi connectivity index (χ2v) is 5.76. The fraction of sp³-hybridized carbons (Fsp3) is 0.182. The van der Waals surface area contributed by atoms with Crippen LogP contribution in [0.25, 0.3) is 0 Å². The average Bonchev–Trinajstić information content (AvgIpc) is 2.82. The van der Waals surface area contributed by atoms with Crippen LogP contribution in [0.2, 0.25) is 0 Å². The topological polar surface area (TPSA) is 94.0 Å². The molecule has 3 N–H and O–H groups in total. The van der Waals surface area contributed by atoms with E-state index in [-0.39, 0.29) is 5.69 Å². The highest BCUT2D eigenvalue weighted by atomic mass is 79.9. The molecule has 0 spiro atoms. The normalized spacial score (nSPS) is 10.6. The van der Waals surface area contributed by atoms with Gasteiger partial charge in [0.2, 0.25) is 0 Å². The van der Waals surface area contributed by atoms with Crippen LogP contribution >= 0.6 is 27.7 Å². The minimum absolute atomic E-state index is 0.0491. The number of nitrogens with zero attached hydrogens (tertiary/aromatic N) is 3. The highest BCUT2D eigenvalue weighted by Gasteiger charge is 2.08. The Kier molecular flexibility index (Phi) is 4.43. The fourth-order valence-corrected chi connectivity index (χ4v) is 2.84. The van der Waals surface area contributed by atoms with Crippen LogP contribution in [0.3, 0.4) is 0 Å². The maximum Gasteiger partial charge on any atom is 0.358 e. The fourth-order valence-electron chi connectivity index (χ4n) is 1.39. The van der Waals surface area contributed by atoms with Gasteiger partial charge in [-0.25, -0.2) is 4.79 Å².